The van der Waals surface area contributed by atoms with E-state index in [0.29, 0.717) is 12.8 Å². The van der Waals surface area contributed by atoms with E-state index in [4.69, 9.17) is 0 Å². The zero-order valence-electron chi connectivity index (χ0n) is 11.8. The average molecular weight is 256 g/mol. The molecule has 0 atom stereocenters. The molecule has 0 N–H and O–H groups in total. The van der Waals surface area contributed by atoms with Gasteiger partial charge in [-0.15, -0.1) is 0 Å². The zero-order chi connectivity index (χ0) is 13.8. The first-order valence-corrected chi connectivity index (χ1v) is 6.69. The van der Waals surface area contributed by atoms with Crippen LogP contribution in [0.25, 0.3) is 0 Å². The number of rotatable bonds is 5. The monoisotopic (exact) mass is 256 g/mol. The number of hydrogen-bond acceptors (Lipinski definition) is 2. The predicted molar refractivity (Wildman–Crippen MR) is 76.2 cm³/mol. The Balaban J connectivity index is 2.03. The Morgan fingerprint density at radius 3 is 2.47 bits per heavy atom. The normalized spacial score (nSPS) is 10.7. The van der Waals surface area contributed by atoms with Gasteiger partial charge in [0.25, 0.3) is 0 Å². The number of aromatic nitrogens is 2. The van der Waals surface area contributed by atoms with Gasteiger partial charge < -0.3 is 0 Å². The van der Waals surface area contributed by atoms with Gasteiger partial charge in [-0.25, -0.2) is 0 Å². The van der Waals surface area contributed by atoms with Gasteiger partial charge in [0.05, 0.1) is 5.69 Å². The van der Waals surface area contributed by atoms with Crippen LogP contribution in [0.1, 0.15) is 29.4 Å². The van der Waals surface area contributed by atoms with Crippen molar-refractivity contribution in [3.05, 3.63) is 52.8 Å². The summed E-state index contributed by atoms with van der Waals surface area (Å²) >= 11 is 0. The second kappa shape index (κ2) is 5.83. The van der Waals surface area contributed by atoms with Crippen molar-refractivity contribution in [1.82, 2.24) is 9.78 Å². The lowest BCUT2D eigenvalue weighted by Gasteiger charge is -2.04. The summed E-state index contributed by atoms with van der Waals surface area (Å²) in [5, 5.41) is 4.37. The van der Waals surface area contributed by atoms with Crippen molar-refractivity contribution in [2.75, 3.05) is 0 Å². The highest BCUT2D eigenvalue weighted by atomic mass is 16.1. The molecule has 0 radical (unpaired) electrons. The molecule has 0 bridgehead atoms. The number of hydrogen-bond donors (Lipinski definition) is 0. The highest BCUT2D eigenvalue weighted by molar-refractivity contribution is 5.82. The molecule has 0 unspecified atom stereocenters. The zero-order valence-corrected chi connectivity index (χ0v) is 11.8. The quantitative estimate of drug-likeness (QED) is 0.824. The van der Waals surface area contributed by atoms with Gasteiger partial charge >= 0.3 is 0 Å². The van der Waals surface area contributed by atoms with Gasteiger partial charge in [-0.3, -0.25) is 9.48 Å². The minimum Gasteiger partial charge on any atom is -0.299 e. The van der Waals surface area contributed by atoms with E-state index >= 15 is 0 Å². The molecule has 0 aliphatic carbocycles. The molecule has 0 fully saturated rings. The van der Waals surface area contributed by atoms with Gasteiger partial charge in [0.15, 0.2) is 0 Å². The Kier molecular flexibility index (Phi) is 4.15. The van der Waals surface area contributed by atoms with Gasteiger partial charge in [-0.1, -0.05) is 29.8 Å². The Hall–Kier alpha value is -1.90. The summed E-state index contributed by atoms with van der Waals surface area (Å²) in [5.74, 6) is 0.235. The first kappa shape index (κ1) is 13.5. The Labute approximate surface area is 114 Å². The second-order valence-corrected chi connectivity index (χ2v) is 4.97. The maximum atomic E-state index is 12.1. The molecule has 1 aromatic heterocycles. The van der Waals surface area contributed by atoms with Crippen molar-refractivity contribution in [1.29, 1.82) is 0 Å². The van der Waals surface area contributed by atoms with Crippen LogP contribution in [0.15, 0.2) is 30.3 Å². The fourth-order valence-corrected chi connectivity index (χ4v) is 2.21. The van der Waals surface area contributed by atoms with E-state index in [9.17, 15) is 4.79 Å². The smallest absolute Gasteiger partial charge is 0.143 e. The number of nitrogens with zero attached hydrogens (tertiary/aromatic N) is 2. The van der Waals surface area contributed by atoms with Crippen LogP contribution in [0.2, 0.25) is 0 Å². The summed E-state index contributed by atoms with van der Waals surface area (Å²) in [5.41, 5.74) is 4.28. The fraction of sp³-hybridized carbons (Fsp3) is 0.375. The molecule has 3 heteroatoms. The third-order valence-corrected chi connectivity index (χ3v) is 3.19. The molecule has 0 saturated carbocycles. The number of Topliss-reactive ketones (excluding diaryl/α,β-unsaturated/α-hetero) is 1. The number of benzene rings is 1. The van der Waals surface area contributed by atoms with Crippen molar-refractivity contribution in [3.63, 3.8) is 0 Å². The third-order valence-electron chi connectivity index (χ3n) is 3.19. The molecule has 1 heterocycles. The lowest BCUT2D eigenvalue weighted by molar-refractivity contribution is -0.117. The van der Waals surface area contributed by atoms with Gasteiger partial charge in [0.2, 0.25) is 0 Å². The molecule has 3 nitrogen and oxygen atoms in total. The number of aryl methyl sites for hydroxylation is 3. The van der Waals surface area contributed by atoms with Crippen molar-refractivity contribution in [2.45, 2.75) is 40.2 Å². The van der Waals surface area contributed by atoms with E-state index in [1.807, 2.05) is 55.8 Å². The van der Waals surface area contributed by atoms with Crippen LogP contribution in [0.5, 0.6) is 0 Å². The summed E-state index contributed by atoms with van der Waals surface area (Å²) in [4.78, 5) is 12.1. The number of carbonyl (C=O) groups excluding carboxylic acids is 1. The molecule has 0 aliphatic rings. The molecule has 100 valence electrons. The summed E-state index contributed by atoms with van der Waals surface area (Å²) in [6.07, 6.45) is 0.955. The standard InChI is InChI=1S/C16H20N2O/c1-4-18-15(9-13(3)17-18)11-16(19)10-14-7-5-12(2)6-8-14/h5-9H,4,10-11H2,1-3H3. The van der Waals surface area contributed by atoms with Crippen LogP contribution >= 0.6 is 0 Å². The highest BCUT2D eigenvalue weighted by Gasteiger charge is 2.10. The largest absolute Gasteiger partial charge is 0.299 e. The molecular formula is C16H20N2O. The van der Waals surface area contributed by atoms with Gasteiger partial charge in [0, 0.05) is 25.1 Å². The first-order chi connectivity index (χ1) is 9.08. The fourth-order valence-electron chi connectivity index (χ4n) is 2.21. The van der Waals surface area contributed by atoms with E-state index in [-0.39, 0.29) is 5.78 Å². The topological polar surface area (TPSA) is 34.9 Å². The predicted octanol–water partition coefficient (Wildman–Crippen LogP) is 2.87. The lowest BCUT2D eigenvalue weighted by atomic mass is 10.0. The summed E-state index contributed by atoms with van der Waals surface area (Å²) in [6, 6.07) is 10.1. The summed E-state index contributed by atoms with van der Waals surface area (Å²) < 4.78 is 1.91. The van der Waals surface area contributed by atoms with Crippen LogP contribution in [-0.4, -0.2) is 15.6 Å². The maximum absolute atomic E-state index is 12.1. The van der Waals surface area contributed by atoms with Crippen molar-refractivity contribution in [2.24, 2.45) is 0 Å². The van der Waals surface area contributed by atoms with Gasteiger partial charge in [0.1, 0.15) is 5.78 Å². The van der Waals surface area contributed by atoms with Crippen LogP contribution in [0.3, 0.4) is 0 Å². The minimum atomic E-state index is 0.235. The van der Waals surface area contributed by atoms with Crippen molar-refractivity contribution < 1.29 is 4.79 Å². The van der Waals surface area contributed by atoms with Crippen LogP contribution in [-0.2, 0) is 24.2 Å². The SMILES string of the molecule is CCn1nc(C)cc1CC(=O)Cc1ccc(C)cc1. The molecule has 2 aromatic rings. The average Bonchev–Trinajstić information content (AvgIpc) is 2.72. The molecule has 1 aromatic carbocycles. The van der Waals surface area contributed by atoms with Crippen LogP contribution < -0.4 is 0 Å². The van der Waals surface area contributed by atoms with Crippen LogP contribution in [0.4, 0.5) is 0 Å². The Morgan fingerprint density at radius 2 is 1.84 bits per heavy atom. The molecule has 2 rings (SSSR count). The van der Waals surface area contributed by atoms with Crippen molar-refractivity contribution >= 4 is 5.78 Å². The van der Waals surface area contributed by atoms with E-state index in [0.717, 1.165) is 23.5 Å². The molecule has 0 spiro atoms. The summed E-state index contributed by atoms with van der Waals surface area (Å²) in [7, 11) is 0. The minimum absolute atomic E-state index is 0.235. The Morgan fingerprint density at radius 1 is 1.16 bits per heavy atom. The molecule has 0 amide bonds. The van der Waals surface area contributed by atoms with Crippen molar-refractivity contribution in [3.8, 4) is 0 Å². The number of ketones is 1. The second-order valence-electron chi connectivity index (χ2n) is 4.97. The van der Waals surface area contributed by atoms with E-state index in [2.05, 4.69) is 5.10 Å². The molecule has 19 heavy (non-hydrogen) atoms. The third kappa shape index (κ3) is 3.53. The summed E-state index contributed by atoms with van der Waals surface area (Å²) in [6.45, 7) is 6.86. The molecule has 0 saturated heterocycles. The van der Waals surface area contributed by atoms with E-state index < -0.39 is 0 Å². The molecular weight excluding hydrogens is 236 g/mol. The first-order valence-electron chi connectivity index (χ1n) is 6.69. The Bertz CT molecular complexity index is 567. The molecule has 0 aliphatic heterocycles. The lowest BCUT2D eigenvalue weighted by Crippen LogP contribution is -2.11. The van der Waals surface area contributed by atoms with Gasteiger partial charge in [-0.2, -0.15) is 5.10 Å². The maximum Gasteiger partial charge on any atom is 0.143 e. The van der Waals surface area contributed by atoms with E-state index in [1.54, 1.807) is 0 Å². The highest BCUT2D eigenvalue weighted by Crippen LogP contribution is 2.09. The van der Waals surface area contributed by atoms with E-state index in [1.165, 1.54) is 5.56 Å². The van der Waals surface area contributed by atoms with Crippen LogP contribution in [0, 0.1) is 13.8 Å². The number of carbonyl (C=O) groups is 1. The van der Waals surface area contributed by atoms with Gasteiger partial charge in [-0.05, 0) is 32.4 Å².